The largest absolute Gasteiger partial charge is 0.309 e. The number of allylic oxidation sites excluding steroid dienone is 8. The zero-order valence-corrected chi connectivity index (χ0v) is 7.35. The van der Waals surface area contributed by atoms with Crippen molar-refractivity contribution in [2.45, 2.75) is 0 Å². The maximum Gasteiger partial charge on any atom is 0.105 e. The van der Waals surface area contributed by atoms with Gasteiger partial charge in [-0.1, -0.05) is 24.3 Å². The lowest BCUT2D eigenvalue weighted by Gasteiger charge is -1.79. The van der Waals surface area contributed by atoms with Crippen LogP contribution < -0.4 is 5.32 Å². The van der Waals surface area contributed by atoms with E-state index in [9.17, 15) is 0 Å². The lowest BCUT2D eigenvalue weighted by atomic mass is 10.2. The molecule has 0 aromatic carbocycles. The molecule has 2 heteroatoms. The monoisotopic (exact) mass is 173 g/mol. The van der Waals surface area contributed by atoms with E-state index in [1.54, 1.807) is 6.08 Å². The zero-order valence-electron chi connectivity index (χ0n) is 7.35. The van der Waals surface area contributed by atoms with Crippen molar-refractivity contribution in [3.8, 4) is 0 Å². The smallest absolute Gasteiger partial charge is 0.105 e. The molecule has 1 aliphatic rings. The molecule has 0 spiro atoms. The number of hydrogen-bond acceptors (Lipinski definition) is 1. The SMILES string of the molecule is N=C/C=C/C=C/C=C/C1=C[NH2+]C=C1. The summed E-state index contributed by atoms with van der Waals surface area (Å²) in [5.41, 5.74) is 1.21. The molecule has 1 aliphatic heterocycles. The molecular formula is C11H13N2+. The van der Waals surface area contributed by atoms with Crippen LogP contribution in [0.1, 0.15) is 0 Å². The van der Waals surface area contributed by atoms with Crippen LogP contribution in [0.15, 0.2) is 60.5 Å². The van der Waals surface area contributed by atoms with Crippen LogP contribution in [0.4, 0.5) is 0 Å². The van der Waals surface area contributed by atoms with Gasteiger partial charge in [0.25, 0.3) is 0 Å². The van der Waals surface area contributed by atoms with Crippen molar-refractivity contribution < 1.29 is 5.32 Å². The average Bonchev–Trinajstić information content (AvgIpc) is 2.63. The molecule has 3 N–H and O–H groups in total. The van der Waals surface area contributed by atoms with E-state index in [0.29, 0.717) is 0 Å². The first-order chi connectivity index (χ1) is 6.43. The molecule has 0 amide bonds. The van der Waals surface area contributed by atoms with Gasteiger partial charge in [0.1, 0.15) is 6.20 Å². The molecule has 0 unspecified atom stereocenters. The van der Waals surface area contributed by atoms with Gasteiger partial charge in [0, 0.05) is 17.9 Å². The van der Waals surface area contributed by atoms with Crippen molar-refractivity contribution in [1.82, 2.24) is 0 Å². The molecule has 0 bridgehead atoms. The highest BCUT2D eigenvalue weighted by molar-refractivity contribution is 5.68. The van der Waals surface area contributed by atoms with Gasteiger partial charge in [0.05, 0.1) is 6.20 Å². The van der Waals surface area contributed by atoms with Crippen LogP contribution in [0, 0.1) is 5.41 Å². The summed E-state index contributed by atoms with van der Waals surface area (Å²) in [4.78, 5) is 0. The first kappa shape index (κ1) is 9.42. The molecule has 13 heavy (non-hydrogen) atoms. The van der Waals surface area contributed by atoms with Crippen LogP contribution in [-0.4, -0.2) is 6.21 Å². The van der Waals surface area contributed by atoms with Crippen molar-refractivity contribution >= 4 is 6.21 Å². The number of nitrogens with one attached hydrogen (secondary N) is 1. The third-order valence-electron chi connectivity index (χ3n) is 1.52. The van der Waals surface area contributed by atoms with Gasteiger partial charge in [0.15, 0.2) is 0 Å². The Morgan fingerprint density at radius 2 is 1.85 bits per heavy atom. The predicted molar refractivity (Wildman–Crippen MR) is 55.4 cm³/mol. The molecular weight excluding hydrogens is 160 g/mol. The lowest BCUT2D eigenvalue weighted by Crippen LogP contribution is -2.69. The minimum atomic E-state index is 1.21. The quantitative estimate of drug-likeness (QED) is 0.475. The average molecular weight is 173 g/mol. The molecule has 0 aliphatic carbocycles. The molecule has 0 atom stereocenters. The Balaban J connectivity index is 2.32. The van der Waals surface area contributed by atoms with Crippen molar-refractivity contribution in [1.29, 1.82) is 5.41 Å². The van der Waals surface area contributed by atoms with E-state index >= 15 is 0 Å². The van der Waals surface area contributed by atoms with Gasteiger partial charge in [-0.05, 0) is 12.2 Å². The first-order valence-corrected chi connectivity index (χ1v) is 4.15. The fourth-order valence-electron chi connectivity index (χ4n) is 0.915. The molecule has 0 aromatic rings. The highest BCUT2D eigenvalue weighted by Gasteiger charge is 1.93. The summed E-state index contributed by atoms with van der Waals surface area (Å²) in [6, 6.07) is 0. The maximum absolute atomic E-state index is 6.73. The second-order valence-corrected chi connectivity index (χ2v) is 2.51. The molecule has 0 radical (unpaired) electrons. The Hall–Kier alpha value is -1.67. The van der Waals surface area contributed by atoms with Crippen molar-refractivity contribution in [3.63, 3.8) is 0 Å². The maximum atomic E-state index is 6.73. The van der Waals surface area contributed by atoms with Gasteiger partial charge >= 0.3 is 0 Å². The summed E-state index contributed by atoms with van der Waals surface area (Å²) in [7, 11) is 0. The summed E-state index contributed by atoms with van der Waals surface area (Å²) in [6.45, 7) is 0. The van der Waals surface area contributed by atoms with Crippen molar-refractivity contribution in [2.75, 3.05) is 0 Å². The van der Waals surface area contributed by atoms with E-state index < -0.39 is 0 Å². The molecule has 1 heterocycles. The summed E-state index contributed by atoms with van der Waals surface area (Å²) in [5, 5.41) is 8.75. The van der Waals surface area contributed by atoms with E-state index in [2.05, 4.69) is 12.3 Å². The summed E-state index contributed by atoms with van der Waals surface area (Å²) >= 11 is 0. The fourth-order valence-corrected chi connectivity index (χ4v) is 0.915. The number of hydrogen-bond donors (Lipinski definition) is 2. The van der Waals surface area contributed by atoms with Crippen molar-refractivity contribution in [3.05, 3.63) is 60.5 Å². The predicted octanol–water partition coefficient (Wildman–Crippen LogP) is 1.28. The van der Waals surface area contributed by atoms with E-state index in [4.69, 9.17) is 5.41 Å². The molecule has 2 nitrogen and oxygen atoms in total. The van der Waals surface area contributed by atoms with Crippen molar-refractivity contribution in [2.24, 2.45) is 0 Å². The highest BCUT2D eigenvalue weighted by Crippen LogP contribution is 1.98. The summed E-state index contributed by atoms with van der Waals surface area (Å²) in [6.07, 6.45) is 18.7. The summed E-state index contributed by atoms with van der Waals surface area (Å²) < 4.78 is 0. The minimum Gasteiger partial charge on any atom is -0.309 e. The number of quaternary nitrogens is 1. The second kappa shape index (κ2) is 5.91. The van der Waals surface area contributed by atoms with E-state index in [0.717, 1.165) is 0 Å². The fraction of sp³-hybridized carbons (Fsp3) is 0. The summed E-state index contributed by atoms with van der Waals surface area (Å²) in [5.74, 6) is 0. The number of nitrogens with two attached hydrogens (primary N) is 1. The van der Waals surface area contributed by atoms with E-state index in [1.807, 2.05) is 41.9 Å². The molecule has 0 saturated carbocycles. The van der Waals surface area contributed by atoms with Crippen LogP contribution in [0.25, 0.3) is 0 Å². The Morgan fingerprint density at radius 3 is 2.54 bits per heavy atom. The van der Waals surface area contributed by atoms with Crippen LogP contribution in [0.2, 0.25) is 0 Å². The molecule has 66 valence electrons. The van der Waals surface area contributed by atoms with E-state index in [-0.39, 0.29) is 0 Å². The Labute approximate surface area is 78.2 Å². The first-order valence-electron chi connectivity index (χ1n) is 4.15. The number of rotatable bonds is 4. The Morgan fingerprint density at radius 1 is 1.08 bits per heavy atom. The van der Waals surface area contributed by atoms with Gasteiger partial charge in [-0.15, -0.1) is 0 Å². The highest BCUT2D eigenvalue weighted by atomic mass is 14.8. The molecule has 1 rings (SSSR count). The zero-order chi connectivity index (χ0) is 9.36. The van der Waals surface area contributed by atoms with Crippen LogP contribution in [-0.2, 0) is 0 Å². The second-order valence-electron chi connectivity index (χ2n) is 2.51. The molecule has 0 saturated heterocycles. The normalized spacial score (nSPS) is 16.5. The van der Waals surface area contributed by atoms with Crippen LogP contribution in [0.5, 0.6) is 0 Å². The lowest BCUT2D eigenvalue weighted by molar-refractivity contribution is -0.510. The molecule has 0 fully saturated rings. The minimum absolute atomic E-state index is 1.21. The standard InChI is InChI=1S/C11H12N2/c12-8-5-3-1-2-4-6-11-7-9-13-10-11/h1-10,12-13H/p+1/b2-1+,5-3+,6-4+,12-8?. The third kappa shape index (κ3) is 4.03. The Kier molecular flexibility index (Phi) is 4.29. The van der Waals surface area contributed by atoms with Crippen LogP contribution in [0.3, 0.4) is 0 Å². The topological polar surface area (TPSA) is 40.5 Å². The van der Waals surface area contributed by atoms with E-state index in [1.165, 1.54) is 11.8 Å². The molecule has 0 aromatic heterocycles. The van der Waals surface area contributed by atoms with Crippen LogP contribution >= 0.6 is 0 Å². The van der Waals surface area contributed by atoms with Gasteiger partial charge < -0.3 is 5.41 Å². The third-order valence-corrected chi connectivity index (χ3v) is 1.52. The Bertz CT molecular complexity index is 304. The van der Waals surface area contributed by atoms with Gasteiger partial charge in [-0.2, -0.15) is 0 Å². The van der Waals surface area contributed by atoms with Gasteiger partial charge in [0.2, 0.25) is 0 Å². The van der Waals surface area contributed by atoms with Gasteiger partial charge in [-0.3, -0.25) is 5.32 Å². The van der Waals surface area contributed by atoms with Gasteiger partial charge in [-0.25, -0.2) is 0 Å².